The fourth-order valence-corrected chi connectivity index (χ4v) is 4.59. The second-order valence-corrected chi connectivity index (χ2v) is 8.95. The number of amides is 1. The Kier molecular flexibility index (Phi) is 5.96. The minimum absolute atomic E-state index is 0.142. The molecule has 0 heterocycles. The van der Waals surface area contributed by atoms with Crippen LogP contribution in [0, 0.1) is 20.8 Å². The van der Waals surface area contributed by atoms with Crippen LogP contribution in [0.25, 0.3) is 0 Å². The van der Waals surface area contributed by atoms with Crippen molar-refractivity contribution in [2.24, 2.45) is 0 Å². The van der Waals surface area contributed by atoms with Gasteiger partial charge >= 0.3 is 0 Å². The molecule has 150 valence electrons. The van der Waals surface area contributed by atoms with Crippen molar-refractivity contribution in [3.63, 3.8) is 0 Å². The highest BCUT2D eigenvalue weighted by Crippen LogP contribution is 2.27. The fourth-order valence-electron chi connectivity index (χ4n) is 3.05. The van der Waals surface area contributed by atoms with Crippen molar-refractivity contribution in [3.05, 3.63) is 87.9 Å². The molecule has 0 saturated carbocycles. The topological polar surface area (TPSA) is 75.3 Å². The zero-order valence-corrected chi connectivity index (χ0v) is 17.9. The molecule has 5 nitrogen and oxygen atoms in total. The van der Waals surface area contributed by atoms with Crippen molar-refractivity contribution in [3.8, 4) is 0 Å². The van der Waals surface area contributed by atoms with Crippen LogP contribution in [0.3, 0.4) is 0 Å². The Morgan fingerprint density at radius 2 is 1.55 bits per heavy atom. The van der Waals surface area contributed by atoms with E-state index in [1.165, 1.54) is 18.2 Å². The third kappa shape index (κ3) is 4.96. The van der Waals surface area contributed by atoms with Crippen LogP contribution in [0.2, 0.25) is 5.02 Å². The molecule has 1 amide bonds. The second-order valence-electron chi connectivity index (χ2n) is 6.90. The van der Waals surface area contributed by atoms with Gasteiger partial charge in [-0.05, 0) is 73.9 Å². The molecule has 0 fully saturated rings. The Balaban J connectivity index is 1.88. The number of hydrogen-bond donors (Lipinski definition) is 2. The summed E-state index contributed by atoms with van der Waals surface area (Å²) in [5.41, 5.74) is 3.77. The number of rotatable bonds is 5. The maximum Gasteiger partial charge on any atom is 0.262 e. The number of halogens is 1. The normalized spacial score (nSPS) is 11.2. The van der Waals surface area contributed by atoms with Crippen molar-refractivity contribution in [1.29, 1.82) is 0 Å². The number of benzene rings is 3. The van der Waals surface area contributed by atoms with Crippen LogP contribution in [0.4, 0.5) is 11.4 Å². The van der Waals surface area contributed by atoms with E-state index in [1.807, 2.05) is 32.0 Å². The van der Waals surface area contributed by atoms with Crippen LogP contribution >= 0.6 is 11.6 Å². The molecule has 0 aliphatic rings. The maximum atomic E-state index is 12.8. The van der Waals surface area contributed by atoms with Gasteiger partial charge in [0, 0.05) is 11.3 Å². The minimum Gasteiger partial charge on any atom is -0.322 e. The Labute approximate surface area is 175 Å². The van der Waals surface area contributed by atoms with Crippen LogP contribution < -0.4 is 10.0 Å². The number of hydrogen-bond acceptors (Lipinski definition) is 3. The molecule has 0 aliphatic carbocycles. The summed E-state index contributed by atoms with van der Waals surface area (Å²) in [6, 6.07) is 16.8. The van der Waals surface area contributed by atoms with Crippen molar-refractivity contribution >= 4 is 38.9 Å². The summed E-state index contributed by atoms with van der Waals surface area (Å²) in [5.74, 6) is -0.358. The first-order valence-electron chi connectivity index (χ1n) is 8.93. The molecule has 0 unspecified atom stereocenters. The molecule has 7 heteroatoms. The number of aryl methyl sites for hydroxylation is 3. The summed E-state index contributed by atoms with van der Waals surface area (Å²) in [6.45, 7) is 5.61. The summed E-state index contributed by atoms with van der Waals surface area (Å²) in [4.78, 5) is 12.8. The second kappa shape index (κ2) is 8.27. The van der Waals surface area contributed by atoms with Gasteiger partial charge < -0.3 is 5.32 Å². The van der Waals surface area contributed by atoms with E-state index in [2.05, 4.69) is 10.0 Å². The number of carbonyl (C=O) groups is 1. The van der Waals surface area contributed by atoms with Crippen LogP contribution in [0.5, 0.6) is 0 Å². The molecule has 0 aromatic heterocycles. The van der Waals surface area contributed by atoms with Gasteiger partial charge in [0.2, 0.25) is 0 Å². The van der Waals surface area contributed by atoms with Gasteiger partial charge in [-0.25, -0.2) is 8.42 Å². The van der Waals surface area contributed by atoms with Gasteiger partial charge in [-0.1, -0.05) is 35.9 Å². The lowest BCUT2D eigenvalue weighted by Gasteiger charge is -2.13. The molecule has 0 aliphatic heterocycles. The van der Waals surface area contributed by atoms with Crippen molar-refractivity contribution in [2.45, 2.75) is 25.7 Å². The average molecular weight is 429 g/mol. The maximum absolute atomic E-state index is 12.8. The summed E-state index contributed by atoms with van der Waals surface area (Å²) in [6.07, 6.45) is 0. The zero-order chi connectivity index (χ0) is 21.2. The largest absolute Gasteiger partial charge is 0.322 e. The van der Waals surface area contributed by atoms with E-state index in [4.69, 9.17) is 11.6 Å². The Hall–Kier alpha value is -2.83. The molecule has 29 heavy (non-hydrogen) atoms. The Morgan fingerprint density at radius 3 is 2.21 bits per heavy atom. The monoisotopic (exact) mass is 428 g/mol. The smallest absolute Gasteiger partial charge is 0.262 e. The summed E-state index contributed by atoms with van der Waals surface area (Å²) < 4.78 is 28.0. The lowest BCUT2D eigenvalue weighted by molar-refractivity contribution is 0.102. The molecule has 3 rings (SSSR count). The first-order valence-corrected chi connectivity index (χ1v) is 10.8. The van der Waals surface area contributed by atoms with E-state index >= 15 is 0 Å². The van der Waals surface area contributed by atoms with E-state index in [-0.39, 0.29) is 27.1 Å². The average Bonchev–Trinajstić information content (AvgIpc) is 2.62. The predicted octanol–water partition coefficient (Wildman–Crippen LogP) is 5.32. The van der Waals surface area contributed by atoms with Gasteiger partial charge in [-0.3, -0.25) is 9.52 Å². The molecule has 3 aromatic carbocycles. The van der Waals surface area contributed by atoms with Gasteiger partial charge in [-0.2, -0.15) is 0 Å². The van der Waals surface area contributed by atoms with E-state index in [1.54, 1.807) is 31.2 Å². The Bertz CT molecular complexity index is 1170. The lowest BCUT2D eigenvalue weighted by atomic mass is 10.1. The number of sulfonamides is 1. The highest BCUT2D eigenvalue weighted by molar-refractivity contribution is 7.92. The minimum atomic E-state index is -3.85. The van der Waals surface area contributed by atoms with Crippen LogP contribution in [0.1, 0.15) is 27.0 Å². The summed E-state index contributed by atoms with van der Waals surface area (Å²) in [5, 5.41) is 3.03. The van der Waals surface area contributed by atoms with Crippen LogP contribution in [-0.2, 0) is 10.0 Å². The van der Waals surface area contributed by atoms with Gasteiger partial charge in [-0.15, -0.1) is 0 Å². The molecule has 0 bridgehead atoms. The summed E-state index contributed by atoms with van der Waals surface area (Å²) in [7, 11) is -3.85. The van der Waals surface area contributed by atoms with Gasteiger partial charge in [0.1, 0.15) is 0 Å². The molecular weight excluding hydrogens is 408 g/mol. The number of nitrogens with one attached hydrogen (secondary N) is 2. The standard InChI is InChI=1S/C22H21ClN2O3S/c1-14-10-15(2)12-18(11-14)24-22(26)17-8-9-19(23)20(13-17)25-29(27,28)21-7-5-4-6-16(21)3/h4-13,25H,1-3H3,(H,24,26). The van der Waals surface area contributed by atoms with E-state index in [0.29, 0.717) is 11.3 Å². The lowest BCUT2D eigenvalue weighted by Crippen LogP contribution is -2.16. The molecule has 0 saturated heterocycles. The number of anilines is 2. The first-order chi connectivity index (χ1) is 13.7. The van der Waals surface area contributed by atoms with Crippen molar-refractivity contribution in [1.82, 2.24) is 0 Å². The Morgan fingerprint density at radius 1 is 0.897 bits per heavy atom. The van der Waals surface area contributed by atoms with Gasteiger partial charge in [0.25, 0.3) is 15.9 Å². The molecule has 2 N–H and O–H groups in total. The zero-order valence-electron chi connectivity index (χ0n) is 16.3. The highest BCUT2D eigenvalue weighted by Gasteiger charge is 2.19. The predicted molar refractivity (Wildman–Crippen MR) is 117 cm³/mol. The van der Waals surface area contributed by atoms with Crippen LogP contribution in [-0.4, -0.2) is 14.3 Å². The van der Waals surface area contributed by atoms with E-state index in [9.17, 15) is 13.2 Å². The third-order valence-electron chi connectivity index (χ3n) is 4.34. The van der Waals surface area contributed by atoms with E-state index in [0.717, 1.165) is 11.1 Å². The van der Waals surface area contributed by atoms with Gasteiger partial charge in [0.15, 0.2) is 0 Å². The molecule has 0 atom stereocenters. The van der Waals surface area contributed by atoms with Gasteiger partial charge in [0.05, 0.1) is 15.6 Å². The van der Waals surface area contributed by atoms with E-state index < -0.39 is 10.0 Å². The highest BCUT2D eigenvalue weighted by atomic mass is 35.5. The molecular formula is C22H21ClN2O3S. The SMILES string of the molecule is Cc1cc(C)cc(NC(=O)c2ccc(Cl)c(NS(=O)(=O)c3ccccc3C)c2)c1. The molecule has 0 radical (unpaired) electrons. The quantitative estimate of drug-likeness (QED) is 0.577. The van der Waals surface area contributed by atoms with Crippen molar-refractivity contribution in [2.75, 3.05) is 10.0 Å². The summed E-state index contributed by atoms with van der Waals surface area (Å²) >= 11 is 6.18. The fraction of sp³-hybridized carbons (Fsp3) is 0.136. The first kappa shape index (κ1) is 20.9. The van der Waals surface area contributed by atoms with Crippen molar-refractivity contribution < 1.29 is 13.2 Å². The molecule has 3 aromatic rings. The number of carbonyl (C=O) groups excluding carboxylic acids is 1. The third-order valence-corrected chi connectivity index (χ3v) is 6.19. The van der Waals surface area contributed by atoms with Crippen LogP contribution in [0.15, 0.2) is 65.6 Å². The molecule has 0 spiro atoms.